The van der Waals surface area contributed by atoms with Gasteiger partial charge in [-0.05, 0) is 44.5 Å². The molecular weight excluding hydrogens is 431 g/mol. The maximum atomic E-state index is 15.0. The standard InChI is InChI=1S/C28H13F5/c29-24-23(25(30)27(32)28(33)26(24)31)22-18-13-7-6-12-17(18)20-19(14-8-2-1-3-9-14)15-10-4-5-11-16(15)21(20)22/h1-13H. The van der Waals surface area contributed by atoms with Gasteiger partial charge in [0.1, 0.15) is 0 Å². The summed E-state index contributed by atoms with van der Waals surface area (Å²) in [4.78, 5) is 0. The Bertz CT molecular complexity index is 1520. The summed E-state index contributed by atoms with van der Waals surface area (Å²) >= 11 is 0. The molecule has 2 aliphatic carbocycles. The van der Waals surface area contributed by atoms with Gasteiger partial charge in [-0.15, -0.1) is 0 Å². The summed E-state index contributed by atoms with van der Waals surface area (Å²) in [6.07, 6.45) is 0. The Labute approximate surface area is 185 Å². The molecule has 0 fully saturated rings. The normalized spacial score (nSPS) is 14.0. The van der Waals surface area contributed by atoms with Crippen LogP contribution in [0.1, 0.15) is 33.4 Å². The maximum absolute atomic E-state index is 15.0. The summed E-state index contributed by atoms with van der Waals surface area (Å²) in [6.45, 7) is 0. The van der Waals surface area contributed by atoms with Crippen LogP contribution >= 0.6 is 0 Å². The van der Waals surface area contributed by atoms with E-state index < -0.39 is 34.6 Å². The van der Waals surface area contributed by atoms with Gasteiger partial charge in [-0.1, -0.05) is 78.9 Å². The highest BCUT2D eigenvalue weighted by atomic mass is 19.2. The molecule has 5 heteroatoms. The smallest absolute Gasteiger partial charge is 0.200 e. The van der Waals surface area contributed by atoms with Crippen molar-refractivity contribution in [3.63, 3.8) is 0 Å². The Morgan fingerprint density at radius 1 is 0.333 bits per heavy atom. The van der Waals surface area contributed by atoms with Gasteiger partial charge in [0, 0.05) is 5.57 Å². The summed E-state index contributed by atoms with van der Waals surface area (Å²) in [6, 6.07) is 23.8. The highest BCUT2D eigenvalue weighted by molar-refractivity contribution is 6.35. The van der Waals surface area contributed by atoms with Gasteiger partial charge in [0.05, 0.1) is 5.56 Å². The third kappa shape index (κ3) is 2.56. The van der Waals surface area contributed by atoms with Crippen molar-refractivity contribution in [1.82, 2.24) is 0 Å². The number of hydrogen-bond acceptors (Lipinski definition) is 0. The zero-order valence-electron chi connectivity index (χ0n) is 16.9. The molecule has 0 atom stereocenters. The molecule has 33 heavy (non-hydrogen) atoms. The Hall–Kier alpha value is -3.99. The lowest BCUT2D eigenvalue weighted by molar-refractivity contribution is 0.376. The topological polar surface area (TPSA) is 0 Å². The number of fused-ring (bicyclic) bond motifs is 5. The summed E-state index contributed by atoms with van der Waals surface area (Å²) in [5, 5.41) is 0. The molecule has 4 aromatic carbocycles. The monoisotopic (exact) mass is 444 g/mol. The maximum Gasteiger partial charge on any atom is 0.200 e. The van der Waals surface area contributed by atoms with Crippen LogP contribution in [0.3, 0.4) is 0 Å². The second-order valence-corrected chi connectivity index (χ2v) is 7.90. The molecule has 0 nitrogen and oxygen atoms in total. The fourth-order valence-corrected chi connectivity index (χ4v) is 4.88. The van der Waals surface area contributed by atoms with E-state index in [-0.39, 0.29) is 5.57 Å². The molecule has 0 saturated carbocycles. The minimum Gasteiger partial charge on any atom is -0.203 e. The molecule has 0 N–H and O–H groups in total. The van der Waals surface area contributed by atoms with Gasteiger partial charge >= 0.3 is 0 Å². The molecule has 2 aliphatic rings. The molecule has 0 bridgehead atoms. The van der Waals surface area contributed by atoms with Crippen LogP contribution < -0.4 is 0 Å². The van der Waals surface area contributed by atoms with Crippen molar-refractivity contribution in [1.29, 1.82) is 0 Å². The summed E-state index contributed by atoms with van der Waals surface area (Å²) < 4.78 is 72.3. The zero-order chi connectivity index (χ0) is 22.9. The van der Waals surface area contributed by atoms with Crippen LogP contribution in [0.2, 0.25) is 0 Å². The zero-order valence-corrected chi connectivity index (χ0v) is 16.9. The van der Waals surface area contributed by atoms with E-state index in [2.05, 4.69) is 0 Å². The third-order valence-corrected chi connectivity index (χ3v) is 6.20. The van der Waals surface area contributed by atoms with Gasteiger partial charge in [-0.25, -0.2) is 22.0 Å². The average Bonchev–Trinajstić information content (AvgIpc) is 3.36. The van der Waals surface area contributed by atoms with E-state index in [1.54, 1.807) is 36.4 Å². The highest BCUT2D eigenvalue weighted by Crippen LogP contribution is 2.58. The van der Waals surface area contributed by atoms with Crippen LogP contribution in [0.15, 0.2) is 78.9 Å². The lowest BCUT2D eigenvalue weighted by Crippen LogP contribution is -2.07. The van der Waals surface area contributed by atoms with E-state index in [9.17, 15) is 13.2 Å². The van der Waals surface area contributed by atoms with Crippen LogP contribution in [0.25, 0.3) is 22.3 Å². The van der Waals surface area contributed by atoms with Crippen molar-refractivity contribution in [2.24, 2.45) is 0 Å². The Kier molecular flexibility index (Phi) is 4.18. The predicted octanol–water partition coefficient (Wildman–Crippen LogP) is 7.63. The Morgan fingerprint density at radius 2 is 0.697 bits per heavy atom. The second-order valence-electron chi connectivity index (χ2n) is 7.90. The molecule has 0 spiro atoms. The fourth-order valence-electron chi connectivity index (χ4n) is 4.88. The van der Waals surface area contributed by atoms with Crippen LogP contribution in [0.5, 0.6) is 0 Å². The molecule has 0 saturated heterocycles. The van der Waals surface area contributed by atoms with Crippen molar-refractivity contribution >= 4 is 22.3 Å². The Morgan fingerprint density at radius 3 is 1.21 bits per heavy atom. The molecule has 6 rings (SSSR count). The highest BCUT2D eigenvalue weighted by Gasteiger charge is 2.40. The molecule has 0 aliphatic heterocycles. The quantitative estimate of drug-likeness (QED) is 0.169. The number of halogens is 5. The van der Waals surface area contributed by atoms with Gasteiger partial charge in [-0.3, -0.25) is 0 Å². The van der Waals surface area contributed by atoms with E-state index >= 15 is 8.78 Å². The molecule has 0 aromatic heterocycles. The number of allylic oxidation sites excluding steroid dienone is 2. The van der Waals surface area contributed by atoms with Gasteiger partial charge < -0.3 is 0 Å². The Balaban J connectivity index is 1.82. The first-order chi connectivity index (χ1) is 16.0. The van der Waals surface area contributed by atoms with Crippen molar-refractivity contribution in [2.45, 2.75) is 0 Å². The van der Waals surface area contributed by atoms with E-state index in [0.717, 1.165) is 22.3 Å². The second kappa shape index (κ2) is 7.01. The average molecular weight is 444 g/mol. The molecule has 0 unspecified atom stereocenters. The van der Waals surface area contributed by atoms with Crippen molar-refractivity contribution in [2.75, 3.05) is 0 Å². The summed E-state index contributed by atoms with van der Waals surface area (Å²) in [5.41, 5.74) is 4.66. The van der Waals surface area contributed by atoms with Gasteiger partial charge in [0.25, 0.3) is 0 Å². The number of hydrogen-bond donors (Lipinski definition) is 0. The number of rotatable bonds is 2. The lowest BCUT2D eigenvalue weighted by Gasteiger charge is -2.13. The van der Waals surface area contributed by atoms with Gasteiger partial charge in [0.15, 0.2) is 23.3 Å². The number of benzene rings is 4. The van der Waals surface area contributed by atoms with Gasteiger partial charge in [-0.2, -0.15) is 0 Å². The third-order valence-electron chi connectivity index (χ3n) is 6.20. The van der Waals surface area contributed by atoms with Crippen molar-refractivity contribution in [3.8, 4) is 0 Å². The molecule has 160 valence electrons. The van der Waals surface area contributed by atoms with Crippen molar-refractivity contribution < 1.29 is 22.0 Å². The largest absolute Gasteiger partial charge is 0.203 e. The van der Waals surface area contributed by atoms with Gasteiger partial charge in [0.2, 0.25) is 5.82 Å². The van der Waals surface area contributed by atoms with E-state index in [1.807, 2.05) is 42.5 Å². The predicted molar refractivity (Wildman–Crippen MR) is 117 cm³/mol. The fraction of sp³-hybridized carbons (Fsp3) is 0. The van der Waals surface area contributed by atoms with E-state index in [0.29, 0.717) is 22.3 Å². The van der Waals surface area contributed by atoms with Crippen LogP contribution in [-0.2, 0) is 0 Å². The van der Waals surface area contributed by atoms with E-state index in [1.165, 1.54) is 0 Å². The minimum absolute atomic E-state index is 0.00628. The first kappa shape index (κ1) is 19.7. The van der Waals surface area contributed by atoms with E-state index in [4.69, 9.17) is 0 Å². The minimum atomic E-state index is -2.17. The SMILES string of the molecule is Fc1c(F)c(F)c(C2=C3C(=C(c4ccccc4)c4ccccc43)c3ccccc32)c(F)c1F. The van der Waals surface area contributed by atoms with Crippen LogP contribution in [0.4, 0.5) is 22.0 Å². The van der Waals surface area contributed by atoms with Crippen LogP contribution in [0, 0.1) is 29.1 Å². The molecule has 4 aromatic rings. The molecule has 0 heterocycles. The first-order valence-electron chi connectivity index (χ1n) is 10.3. The first-order valence-corrected chi connectivity index (χ1v) is 10.3. The summed E-state index contributed by atoms with van der Waals surface area (Å²) in [7, 11) is 0. The molecule has 0 amide bonds. The van der Waals surface area contributed by atoms with Crippen LogP contribution in [-0.4, -0.2) is 0 Å². The van der Waals surface area contributed by atoms with Crippen molar-refractivity contribution in [3.05, 3.63) is 141 Å². The summed E-state index contributed by atoms with van der Waals surface area (Å²) in [5.74, 6) is -9.76. The lowest BCUT2D eigenvalue weighted by atomic mass is 9.91. The molecular formula is C28H13F5. The molecule has 0 radical (unpaired) electrons.